The Morgan fingerprint density at radius 3 is 2.47 bits per heavy atom. The van der Waals surface area contributed by atoms with Gasteiger partial charge in [0, 0.05) is 31.0 Å². The number of benzene rings is 2. The Labute approximate surface area is 266 Å². The van der Waals surface area contributed by atoms with Crippen LogP contribution >= 0.6 is 22.6 Å². The monoisotopic (exact) mass is 708 g/mol. The first-order valence-electron chi connectivity index (χ1n) is 14.6. The van der Waals surface area contributed by atoms with E-state index in [-0.39, 0.29) is 38.0 Å². The summed E-state index contributed by atoms with van der Waals surface area (Å²) in [5, 5.41) is 33.5. The van der Waals surface area contributed by atoms with Crippen molar-refractivity contribution in [3.05, 3.63) is 62.7 Å². The fourth-order valence-corrected chi connectivity index (χ4v) is 6.68. The quantitative estimate of drug-likeness (QED) is 0.233. The Hall–Kier alpha value is -2.87. The molecule has 1 saturated carbocycles. The molecular formula is C32H41IN2O8. The molecule has 0 radical (unpaired) electrons. The third kappa shape index (κ3) is 8.00. The predicted molar refractivity (Wildman–Crippen MR) is 169 cm³/mol. The van der Waals surface area contributed by atoms with E-state index in [4.69, 9.17) is 14.2 Å². The van der Waals surface area contributed by atoms with Gasteiger partial charge in [-0.3, -0.25) is 9.59 Å². The lowest BCUT2D eigenvalue weighted by Gasteiger charge is -2.41. The number of amides is 2. The summed E-state index contributed by atoms with van der Waals surface area (Å²) < 4.78 is 18.1. The van der Waals surface area contributed by atoms with Crippen molar-refractivity contribution in [3.8, 4) is 17.2 Å². The second-order valence-electron chi connectivity index (χ2n) is 10.9. The van der Waals surface area contributed by atoms with Gasteiger partial charge < -0.3 is 39.7 Å². The Bertz CT molecular complexity index is 1300. The van der Waals surface area contributed by atoms with Crippen LogP contribution in [-0.4, -0.2) is 84.2 Å². The van der Waals surface area contributed by atoms with Crippen LogP contribution in [0.15, 0.2) is 48.0 Å². The van der Waals surface area contributed by atoms with Crippen LogP contribution in [0, 0.1) is 9.49 Å². The van der Waals surface area contributed by atoms with Gasteiger partial charge in [-0.1, -0.05) is 31.0 Å². The predicted octanol–water partition coefficient (Wildman–Crippen LogP) is 2.98. The number of rotatable bonds is 13. The van der Waals surface area contributed by atoms with E-state index in [1.807, 2.05) is 24.3 Å². The van der Waals surface area contributed by atoms with E-state index in [0.29, 0.717) is 39.2 Å². The van der Waals surface area contributed by atoms with Crippen molar-refractivity contribution in [1.82, 2.24) is 10.2 Å². The molecule has 2 aromatic carbocycles. The molecule has 11 heteroatoms. The molecule has 0 bridgehead atoms. The SMILES string of the molecule is COc1ccccc1CCN(C(=O)C1CCCC1)[C@@H]1CC(C(=O)NCCO)=C[C@H](Oc2c(I)cc(CO)cc2OC)[C@H]1O. The number of nitrogens with zero attached hydrogens (tertiary/aromatic N) is 1. The van der Waals surface area contributed by atoms with E-state index in [2.05, 4.69) is 27.9 Å². The molecule has 3 atom stereocenters. The van der Waals surface area contributed by atoms with Gasteiger partial charge in [0.1, 0.15) is 18.0 Å². The van der Waals surface area contributed by atoms with Crippen molar-refractivity contribution in [2.24, 2.45) is 5.92 Å². The van der Waals surface area contributed by atoms with Crippen LogP contribution in [0.4, 0.5) is 0 Å². The van der Waals surface area contributed by atoms with Crippen molar-refractivity contribution < 1.29 is 39.1 Å². The molecule has 0 aliphatic heterocycles. The standard InChI is InChI=1S/C32H41IN2O8/c1-41-26-10-6-5-7-21(26)11-13-35(32(40)22-8-3-4-9-22)25-17-23(31(39)34-12-14-36)18-27(29(25)38)43-30-24(33)15-20(19-37)16-28(30)42-2/h5-7,10,15-16,18,22,25,27,29,36-38H,3-4,8-9,11-14,17,19H2,1-2H3,(H,34,39)/t25-,27+,29+/m1/s1. The summed E-state index contributed by atoms with van der Waals surface area (Å²) in [6.07, 6.45) is 3.61. The van der Waals surface area contributed by atoms with Crippen LogP contribution in [0.25, 0.3) is 0 Å². The zero-order chi connectivity index (χ0) is 30.9. The maximum atomic E-state index is 14.0. The minimum Gasteiger partial charge on any atom is -0.496 e. The van der Waals surface area contributed by atoms with E-state index in [9.17, 15) is 24.9 Å². The molecular weight excluding hydrogens is 667 g/mol. The molecule has 10 nitrogen and oxygen atoms in total. The normalized spacial score (nSPS) is 20.3. The molecule has 4 N–H and O–H groups in total. The number of hydrogen-bond donors (Lipinski definition) is 4. The van der Waals surface area contributed by atoms with Crippen molar-refractivity contribution in [3.63, 3.8) is 0 Å². The number of para-hydroxylation sites is 1. The molecule has 43 heavy (non-hydrogen) atoms. The van der Waals surface area contributed by atoms with E-state index in [0.717, 1.165) is 37.0 Å². The number of nitrogens with one attached hydrogen (secondary N) is 1. The number of halogens is 1. The topological polar surface area (TPSA) is 138 Å². The average Bonchev–Trinajstić information content (AvgIpc) is 3.57. The van der Waals surface area contributed by atoms with Gasteiger partial charge in [0.15, 0.2) is 11.5 Å². The van der Waals surface area contributed by atoms with Gasteiger partial charge in [-0.15, -0.1) is 0 Å². The van der Waals surface area contributed by atoms with Crippen LogP contribution in [0.1, 0.15) is 43.2 Å². The van der Waals surface area contributed by atoms with E-state index < -0.39 is 24.2 Å². The molecule has 2 aliphatic carbocycles. The third-order valence-corrected chi connectivity index (χ3v) is 8.94. The zero-order valence-electron chi connectivity index (χ0n) is 24.6. The molecule has 0 heterocycles. The summed E-state index contributed by atoms with van der Waals surface area (Å²) in [7, 11) is 3.10. The van der Waals surface area contributed by atoms with E-state index in [1.165, 1.54) is 7.11 Å². The molecule has 234 valence electrons. The van der Waals surface area contributed by atoms with Gasteiger partial charge in [0.05, 0.1) is 37.0 Å². The van der Waals surface area contributed by atoms with Crippen LogP contribution in [-0.2, 0) is 22.6 Å². The number of aliphatic hydroxyl groups is 3. The maximum Gasteiger partial charge on any atom is 0.247 e. The number of ether oxygens (including phenoxy) is 3. The lowest BCUT2D eigenvalue weighted by molar-refractivity contribution is -0.142. The van der Waals surface area contributed by atoms with Gasteiger partial charge in [0.25, 0.3) is 0 Å². The summed E-state index contributed by atoms with van der Waals surface area (Å²) in [5.41, 5.74) is 1.93. The molecule has 2 aliphatic rings. The molecule has 4 rings (SSSR count). The average molecular weight is 709 g/mol. The highest BCUT2D eigenvalue weighted by atomic mass is 127. The summed E-state index contributed by atoms with van der Waals surface area (Å²) in [6, 6.07) is 10.3. The molecule has 2 aromatic rings. The highest BCUT2D eigenvalue weighted by Gasteiger charge is 2.42. The number of carbonyl (C=O) groups excluding carboxylic acids is 2. The first kappa shape index (κ1) is 33.0. The lowest BCUT2D eigenvalue weighted by atomic mass is 9.87. The van der Waals surface area contributed by atoms with Gasteiger partial charge in [0.2, 0.25) is 11.8 Å². The fraction of sp³-hybridized carbons (Fsp3) is 0.500. The second kappa shape index (κ2) is 15.7. The largest absolute Gasteiger partial charge is 0.496 e. The minimum atomic E-state index is -1.16. The first-order valence-corrected chi connectivity index (χ1v) is 15.7. The Morgan fingerprint density at radius 1 is 1.07 bits per heavy atom. The van der Waals surface area contributed by atoms with E-state index in [1.54, 1.807) is 30.2 Å². The second-order valence-corrected chi connectivity index (χ2v) is 12.0. The highest BCUT2D eigenvalue weighted by molar-refractivity contribution is 14.1. The third-order valence-electron chi connectivity index (χ3n) is 8.14. The van der Waals surface area contributed by atoms with Crippen LogP contribution in [0.3, 0.4) is 0 Å². The highest BCUT2D eigenvalue weighted by Crippen LogP contribution is 2.38. The summed E-state index contributed by atoms with van der Waals surface area (Å²) in [5.74, 6) is 0.882. The van der Waals surface area contributed by atoms with Crippen molar-refractivity contribution >= 4 is 34.4 Å². The molecule has 2 amide bonds. The van der Waals surface area contributed by atoms with Crippen molar-refractivity contribution in [2.45, 2.75) is 63.4 Å². The molecule has 0 spiro atoms. The Morgan fingerprint density at radius 2 is 1.79 bits per heavy atom. The van der Waals surface area contributed by atoms with Gasteiger partial charge in [-0.05, 0) is 77.3 Å². The van der Waals surface area contributed by atoms with Gasteiger partial charge in [-0.2, -0.15) is 0 Å². The molecule has 0 unspecified atom stereocenters. The van der Waals surface area contributed by atoms with Crippen LogP contribution < -0.4 is 19.5 Å². The Balaban J connectivity index is 1.70. The lowest BCUT2D eigenvalue weighted by Crippen LogP contribution is -2.56. The van der Waals surface area contributed by atoms with Crippen LogP contribution in [0.2, 0.25) is 0 Å². The smallest absolute Gasteiger partial charge is 0.247 e. The maximum absolute atomic E-state index is 14.0. The summed E-state index contributed by atoms with van der Waals surface area (Å²) >= 11 is 2.08. The molecule has 0 aromatic heterocycles. The number of carbonyl (C=O) groups is 2. The molecule has 0 saturated heterocycles. The number of methoxy groups -OCH3 is 2. The Kier molecular flexibility index (Phi) is 12.1. The molecule has 1 fully saturated rings. The van der Waals surface area contributed by atoms with Crippen molar-refractivity contribution in [1.29, 1.82) is 0 Å². The minimum absolute atomic E-state index is 0.0355. The summed E-state index contributed by atoms with van der Waals surface area (Å²) in [6.45, 7) is -0.00733. The number of aliphatic hydroxyl groups excluding tert-OH is 3. The van der Waals surface area contributed by atoms with Crippen molar-refractivity contribution in [2.75, 3.05) is 33.9 Å². The number of hydrogen-bond acceptors (Lipinski definition) is 8. The first-order chi connectivity index (χ1) is 20.8. The fourth-order valence-electron chi connectivity index (χ4n) is 5.89. The van der Waals surface area contributed by atoms with Gasteiger partial charge in [-0.25, -0.2) is 0 Å². The summed E-state index contributed by atoms with van der Waals surface area (Å²) in [4.78, 5) is 29.0. The van der Waals surface area contributed by atoms with Gasteiger partial charge >= 0.3 is 0 Å². The zero-order valence-corrected chi connectivity index (χ0v) is 26.8. The van der Waals surface area contributed by atoms with Crippen LogP contribution in [0.5, 0.6) is 17.2 Å². The van der Waals surface area contributed by atoms with E-state index >= 15 is 0 Å².